The van der Waals surface area contributed by atoms with E-state index < -0.39 is 21.9 Å². The average molecular weight is 467 g/mol. The van der Waals surface area contributed by atoms with Gasteiger partial charge < -0.3 is 14.8 Å². The lowest BCUT2D eigenvalue weighted by Crippen LogP contribution is -2.42. The van der Waals surface area contributed by atoms with Crippen LogP contribution in [0.5, 0.6) is 5.75 Å². The fourth-order valence-electron chi connectivity index (χ4n) is 3.76. The fourth-order valence-corrected chi connectivity index (χ4v) is 6.44. The van der Waals surface area contributed by atoms with Gasteiger partial charge in [-0.2, -0.15) is 4.31 Å². The van der Waals surface area contributed by atoms with Gasteiger partial charge in [0.25, 0.3) is 5.91 Å². The predicted octanol–water partition coefficient (Wildman–Crippen LogP) is 3.46. The molecule has 0 unspecified atom stereocenters. The van der Waals surface area contributed by atoms with Crippen molar-refractivity contribution in [1.82, 2.24) is 4.31 Å². The van der Waals surface area contributed by atoms with Crippen molar-refractivity contribution >= 4 is 38.2 Å². The molecule has 1 N–H and O–H groups in total. The van der Waals surface area contributed by atoms with Gasteiger partial charge in [-0.05, 0) is 48.6 Å². The van der Waals surface area contributed by atoms with E-state index in [2.05, 4.69) is 10.1 Å². The van der Waals surface area contributed by atoms with E-state index in [1.165, 1.54) is 36.7 Å². The highest BCUT2D eigenvalue weighted by Gasteiger charge is 2.34. The number of ether oxygens (including phenoxy) is 2. The highest BCUT2D eigenvalue weighted by Crippen LogP contribution is 2.32. The number of carbonyl (C=O) groups excluding carboxylic acids is 2. The molecule has 1 fully saturated rings. The Kier molecular flexibility index (Phi) is 7.03. The van der Waals surface area contributed by atoms with Crippen molar-refractivity contribution in [2.24, 2.45) is 11.8 Å². The van der Waals surface area contributed by atoms with Gasteiger partial charge in [0.1, 0.15) is 15.5 Å². The van der Waals surface area contributed by atoms with Crippen molar-refractivity contribution in [1.29, 1.82) is 0 Å². The average Bonchev–Trinajstić information content (AvgIpc) is 3.20. The molecule has 2 aromatic rings. The number of thiophene rings is 1. The lowest BCUT2D eigenvalue weighted by molar-refractivity contribution is 0.0606. The zero-order valence-corrected chi connectivity index (χ0v) is 19.5. The summed E-state index contributed by atoms with van der Waals surface area (Å²) in [6.45, 7) is 4.92. The molecule has 1 aromatic carbocycles. The molecule has 0 saturated carbocycles. The number of nitrogens with one attached hydrogen (secondary N) is 1. The van der Waals surface area contributed by atoms with Gasteiger partial charge in [-0.1, -0.05) is 13.8 Å². The smallest absolute Gasteiger partial charge is 0.348 e. The zero-order chi connectivity index (χ0) is 22.8. The number of methoxy groups -OCH3 is 2. The van der Waals surface area contributed by atoms with E-state index in [-0.39, 0.29) is 28.0 Å². The first-order valence-electron chi connectivity index (χ1n) is 9.83. The molecule has 0 radical (unpaired) electrons. The van der Waals surface area contributed by atoms with Crippen LogP contribution in [0.1, 0.15) is 40.3 Å². The first kappa shape index (κ1) is 23.2. The maximum atomic E-state index is 13.4. The Balaban J connectivity index is 1.88. The van der Waals surface area contributed by atoms with Crippen LogP contribution >= 0.6 is 11.3 Å². The standard InChI is InChI=1S/C21H26N2O6S2/c1-13-9-14(2)12-23(11-13)31(26,27)18-10-15(5-6-16(18)28-3)20(24)22-19-8-7-17(30-19)21(25)29-4/h5-8,10,13-14H,9,11-12H2,1-4H3,(H,22,24)/t13-,14-/m0/s1. The summed E-state index contributed by atoms with van der Waals surface area (Å²) < 4.78 is 38.1. The largest absolute Gasteiger partial charge is 0.495 e. The van der Waals surface area contributed by atoms with Crippen LogP contribution in [0.2, 0.25) is 0 Å². The van der Waals surface area contributed by atoms with E-state index >= 15 is 0 Å². The quantitative estimate of drug-likeness (QED) is 0.654. The number of sulfonamides is 1. The number of hydrogen-bond acceptors (Lipinski definition) is 7. The summed E-state index contributed by atoms with van der Waals surface area (Å²) in [5.74, 6) is -0.296. The number of carbonyl (C=O) groups is 2. The molecule has 1 aliphatic rings. The van der Waals surface area contributed by atoms with Crippen LogP contribution in [-0.2, 0) is 14.8 Å². The number of hydrogen-bond donors (Lipinski definition) is 1. The van der Waals surface area contributed by atoms with E-state index in [1.54, 1.807) is 12.1 Å². The summed E-state index contributed by atoms with van der Waals surface area (Å²) in [7, 11) is -1.16. The second-order valence-corrected chi connectivity index (χ2v) is 10.7. The molecule has 1 aliphatic heterocycles. The number of benzene rings is 1. The van der Waals surface area contributed by atoms with Crippen LogP contribution in [0.15, 0.2) is 35.2 Å². The number of piperidine rings is 1. The molecule has 0 spiro atoms. The maximum absolute atomic E-state index is 13.4. The maximum Gasteiger partial charge on any atom is 0.348 e. The van der Waals surface area contributed by atoms with E-state index in [0.29, 0.717) is 23.0 Å². The number of nitrogens with zero attached hydrogens (tertiary/aromatic N) is 1. The molecule has 2 heterocycles. The van der Waals surface area contributed by atoms with E-state index in [4.69, 9.17) is 4.74 Å². The van der Waals surface area contributed by atoms with Gasteiger partial charge in [0.2, 0.25) is 10.0 Å². The van der Waals surface area contributed by atoms with Gasteiger partial charge in [0.15, 0.2) is 0 Å². The number of rotatable bonds is 6. The first-order valence-corrected chi connectivity index (χ1v) is 12.1. The minimum atomic E-state index is -3.84. The van der Waals surface area contributed by atoms with Crippen molar-refractivity contribution < 1.29 is 27.5 Å². The van der Waals surface area contributed by atoms with Gasteiger partial charge in [-0.15, -0.1) is 11.3 Å². The molecule has 168 valence electrons. The summed E-state index contributed by atoms with van der Waals surface area (Å²) >= 11 is 1.07. The van der Waals surface area contributed by atoms with Crippen molar-refractivity contribution in [2.75, 3.05) is 32.6 Å². The Hall–Kier alpha value is -2.43. The second kappa shape index (κ2) is 9.37. The number of anilines is 1. The zero-order valence-electron chi connectivity index (χ0n) is 17.9. The lowest BCUT2D eigenvalue weighted by Gasteiger charge is -2.34. The Labute approximate surface area is 186 Å². The van der Waals surface area contributed by atoms with Crippen LogP contribution in [0.25, 0.3) is 0 Å². The normalized spacial score (nSPS) is 19.6. The third kappa shape index (κ3) is 5.08. The Morgan fingerprint density at radius 2 is 1.77 bits per heavy atom. The third-order valence-corrected chi connectivity index (χ3v) is 7.94. The molecule has 2 atom stereocenters. The third-order valence-electron chi connectivity index (χ3n) is 5.11. The van der Waals surface area contributed by atoms with Gasteiger partial charge in [-0.25, -0.2) is 13.2 Å². The minimum Gasteiger partial charge on any atom is -0.495 e. The minimum absolute atomic E-state index is 0.0367. The lowest BCUT2D eigenvalue weighted by atomic mass is 9.94. The van der Waals surface area contributed by atoms with Crippen molar-refractivity contribution in [3.05, 3.63) is 40.8 Å². The van der Waals surface area contributed by atoms with Gasteiger partial charge >= 0.3 is 5.97 Å². The highest BCUT2D eigenvalue weighted by atomic mass is 32.2. The molecule has 0 bridgehead atoms. The Morgan fingerprint density at radius 3 is 2.39 bits per heavy atom. The Morgan fingerprint density at radius 1 is 1.10 bits per heavy atom. The summed E-state index contributed by atoms with van der Waals surface area (Å²) in [4.78, 5) is 24.7. The molecule has 8 nitrogen and oxygen atoms in total. The second-order valence-electron chi connectivity index (χ2n) is 7.74. The molecular weight excluding hydrogens is 440 g/mol. The summed E-state index contributed by atoms with van der Waals surface area (Å²) in [5, 5.41) is 3.14. The topological polar surface area (TPSA) is 102 Å². The molecular formula is C21H26N2O6S2. The summed E-state index contributed by atoms with van der Waals surface area (Å²) in [6.07, 6.45) is 0.972. The number of amides is 1. The van der Waals surface area contributed by atoms with Crippen LogP contribution in [0.4, 0.5) is 5.00 Å². The molecule has 31 heavy (non-hydrogen) atoms. The molecule has 1 aromatic heterocycles. The van der Waals surface area contributed by atoms with Gasteiger partial charge in [0.05, 0.1) is 19.2 Å². The van der Waals surface area contributed by atoms with Crippen LogP contribution in [-0.4, -0.2) is 51.9 Å². The molecule has 10 heteroatoms. The molecule has 0 aliphatic carbocycles. The van der Waals surface area contributed by atoms with Crippen molar-refractivity contribution in [3.8, 4) is 5.75 Å². The fraction of sp³-hybridized carbons (Fsp3) is 0.429. The monoisotopic (exact) mass is 466 g/mol. The van der Waals surface area contributed by atoms with Gasteiger partial charge in [0, 0.05) is 18.7 Å². The van der Waals surface area contributed by atoms with E-state index in [0.717, 1.165) is 17.8 Å². The summed E-state index contributed by atoms with van der Waals surface area (Å²) in [6, 6.07) is 7.46. The van der Waals surface area contributed by atoms with Crippen LogP contribution in [0, 0.1) is 11.8 Å². The van der Waals surface area contributed by atoms with Crippen molar-refractivity contribution in [3.63, 3.8) is 0 Å². The molecule has 1 amide bonds. The molecule has 3 rings (SSSR count). The predicted molar refractivity (Wildman–Crippen MR) is 118 cm³/mol. The van der Waals surface area contributed by atoms with E-state index in [1.807, 2.05) is 13.8 Å². The van der Waals surface area contributed by atoms with Crippen LogP contribution in [0.3, 0.4) is 0 Å². The highest BCUT2D eigenvalue weighted by molar-refractivity contribution is 7.89. The van der Waals surface area contributed by atoms with E-state index in [9.17, 15) is 18.0 Å². The first-order chi connectivity index (χ1) is 14.6. The Bertz CT molecular complexity index is 1070. The SMILES string of the molecule is COC(=O)c1ccc(NC(=O)c2ccc(OC)c(S(=O)(=O)N3C[C@@H](C)C[C@H](C)C3)c2)s1. The number of esters is 1. The molecule has 1 saturated heterocycles. The van der Waals surface area contributed by atoms with Crippen LogP contribution < -0.4 is 10.1 Å². The van der Waals surface area contributed by atoms with Crippen molar-refractivity contribution in [2.45, 2.75) is 25.2 Å². The van der Waals surface area contributed by atoms with Gasteiger partial charge in [-0.3, -0.25) is 4.79 Å². The summed E-state index contributed by atoms with van der Waals surface area (Å²) in [5.41, 5.74) is 0.172.